The number of hydrogen-bond donors (Lipinski definition) is 2. The van der Waals surface area contributed by atoms with Crippen LogP contribution in [0.4, 0.5) is 0 Å². The third-order valence-corrected chi connectivity index (χ3v) is 4.58. The van der Waals surface area contributed by atoms with Gasteiger partial charge in [0, 0.05) is 11.5 Å². The first kappa shape index (κ1) is 16.2. The molecule has 1 amide bonds. The zero-order chi connectivity index (χ0) is 17.4. The molecule has 1 aliphatic rings. The Labute approximate surface area is 144 Å². The molecule has 24 heavy (non-hydrogen) atoms. The Morgan fingerprint density at radius 1 is 1.33 bits per heavy atom. The molecule has 122 valence electrons. The molecule has 3 rings (SSSR count). The van der Waals surface area contributed by atoms with Crippen molar-refractivity contribution >= 4 is 57.2 Å². The molecule has 0 bridgehead atoms. The van der Waals surface area contributed by atoms with Crippen LogP contribution in [0.3, 0.4) is 0 Å². The van der Waals surface area contributed by atoms with Crippen LogP contribution in [0.2, 0.25) is 0 Å². The smallest absolute Gasteiger partial charge is 0.343 e. The highest BCUT2D eigenvalue weighted by Gasteiger charge is 2.33. The maximum Gasteiger partial charge on any atom is 0.343 e. The number of hydrogen-bond acceptors (Lipinski definition) is 7. The summed E-state index contributed by atoms with van der Waals surface area (Å²) in [6.45, 7) is -0.534. The van der Waals surface area contributed by atoms with Crippen LogP contribution < -0.4 is 5.63 Å². The predicted octanol–water partition coefficient (Wildman–Crippen LogP) is 1.78. The highest BCUT2D eigenvalue weighted by atomic mass is 32.2. The molecule has 1 aromatic carbocycles. The zero-order valence-corrected chi connectivity index (χ0v) is 13.5. The van der Waals surface area contributed by atoms with E-state index in [0.29, 0.717) is 5.39 Å². The van der Waals surface area contributed by atoms with Gasteiger partial charge in [0.2, 0.25) is 0 Å². The second-order valence-corrected chi connectivity index (χ2v) is 6.55. The summed E-state index contributed by atoms with van der Waals surface area (Å²) < 4.78 is 5.23. The Balaban J connectivity index is 2.01. The van der Waals surface area contributed by atoms with Crippen molar-refractivity contribution in [3.63, 3.8) is 0 Å². The Hall–Kier alpha value is -2.65. The van der Waals surface area contributed by atoms with Crippen molar-refractivity contribution in [2.45, 2.75) is 0 Å². The summed E-state index contributed by atoms with van der Waals surface area (Å²) in [5, 5.41) is 18.8. The van der Waals surface area contributed by atoms with Crippen LogP contribution in [0.1, 0.15) is 5.56 Å². The minimum atomic E-state index is -1.18. The lowest BCUT2D eigenvalue weighted by molar-refractivity contribution is -0.140. The number of carboxylic acid groups (broad SMARTS) is 1. The van der Waals surface area contributed by atoms with Crippen molar-refractivity contribution in [2.24, 2.45) is 0 Å². The van der Waals surface area contributed by atoms with Gasteiger partial charge in [-0.25, -0.2) is 4.79 Å². The number of carbonyl (C=O) groups is 2. The Morgan fingerprint density at radius 3 is 2.79 bits per heavy atom. The van der Waals surface area contributed by atoms with Crippen molar-refractivity contribution in [3.05, 3.63) is 45.2 Å². The number of carbonyl (C=O) groups excluding carboxylic acids is 1. The third kappa shape index (κ3) is 3.03. The molecule has 0 unspecified atom stereocenters. The number of nitrogens with zero attached hydrogens (tertiary/aromatic N) is 1. The maximum absolute atomic E-state index is 12.2. The summed E-state index contributed by atoms with van der Waals surface area (Å²) in [5.74, 6) is -1.79. The van der Waals surface area contributed by atoms with Gasteiger partial charge < -0.3 is 14.6 Å². The maximum atomic E-state index is 12.2. The number of amides is 1. The molecule has 0 saturated carbocycles. The summed E-state index contributed by atoms with van der Waals surface area (Å²) in [5.41, 5.74) is -0.337. The number of thiocarbonyl (C=S) groups is 1. The lowest BCUT2D eigenvalue weighted by Gasteiger charge is -2.10. The van der Waals surface area contributed by atoms with E-state index in [1.807, 2.05) is 0 Å². The van der Waals surface area contributed by atoms with Gasteiger partial charge in [0.1, 0.15) is 22.2 Å². The van der Waals surface area contributed by atoms with Crippen LogP contribution in [-0.2, 0) is 9.59 Å². The van der Waals surface area contributed by atoms with Crippen LogP contribution in [-0.4, -0.2) is 37.9 Å². The molecule has 1 saturated heterocycles. The fourth-order valence-electron chi connectivity index (χ4n) is 2.13. The molecular weight excluding hydrogens is 354 g/mol. The van der Waals surface area contributed by atoms with Crippen LogP contribution in [0, 0.1) is 0 Å². The van der Waals surface area contributed by atoms with E-state index in [1.165, 1.54) is 24.3 Å². The molecule has 0 radical (unpaired) electrons. The van der Waals surface area contributed by atoms with E-state index in [4.69, 9.17) is 21.7 Å². The van der Waals surface area contributed by atoms with Crippen LogP contribution in [0.5, 0.6) is 5.75 Å². The summed E-state index contributed by atoms with van der Waals surface area (Å²) in [6.07, 6.45) is 1.32. The first-order chi connectivity index (χ1) is 11.3. The summed E-state index contributed by atoms with van der Waals surface area (Å²) in [4.78, 5) is 36.1. The number of thioether (sulfide) groups is 1. The molecule has 0 atom stereocenters. The van der Waals surface area contributed by atoms with Gasteiger partial charge in [-0.15, -0.1) is 0 Å². The van der Waals surface area contributed by atoms with E-state index in [2.05, 4.69) is 0 Å². The van der Waals surface area contributed by atoms with E-state index in [9.17, 15) is 19.5 Å². The van der Waals surface area contributed by atoms with Gasteiger partial charge in [-0.3, -0.25) is 14.5 Å². The van der Waals surface area contributed by atoms with E-state index in [0.717, 1.165) is 16.7 Å². The predicted molar refractivity (Wildman–Crippen MR) is 91.7 cm³/mol. The molecular formula is C15H9NO6S2. The van der Waals surface area contributed by atoms with Gasteiger partial charge >= 0.3 is 11.6 Å². The van der Waals surface area contributed by atoms with E-state index >= 15 is 0 Å². The van der Waals surface area contributed by atoms with Gasteiger partial charge in [-0.05, 0) is 24.3 Å². The number of phenols is 1. The molecule has 9 heteroatoms. The first-order valence-electron chi connectivity index (χ1n) is 6.59. The lowest BCUT2D eigenvalue weighted by Crippen LogP contribution is -2.33. The van der Waals surface area contributed by atoms with Crippen LogP contribution >= 0.6 is 24.0 Å². The van der Waals surface area contributed by atoms with Gasteiger partial charge in [0.05, 0.1) is 10.5 Å². The Morgan fingerprint density at radius 2 is 2.08 bits per heavy atom. The highest BCUT2D eigenvalue weighted by molar-refractivity contribution is 8.26. The van der Waals surface area contributed by atoms with Crippen molar-refractivity contribution in [1.82, 2.24) is 4.90 Å². The van der Waals surface area contributed by atoms with Crippen molar-refractivity contribution in [2.75, 3.05) is 6.54 Å². The Bertz CT molecular complexity index is 978. The minimum Gasteiger partial charge on any atom is -0.508 e. The number of aliphatic carboxylic acids is 1. The fourth-order valence-corrected chi connectivity index (χ4v) is 3.38. The number of phenolic OH excluding ortho intramolecular Hbond substituents is 1. The molecule has 1 aromatic heterocycles. The number of rotatable bonds is 3. The fraction of sp³-hybridized carbons (Fsp3) is 0.0667. The third-order valence-electron chi connectivity index (χ3n) is 3.20. The molecule has 0 spiro atoms. The molecule has 2 heterocycles. The molecule has 7 nitrogen and oxygen atoms in total. The zero-order valence-electron chi connectivity index (χ0n) is 11.9. The summed E-state index contributed by atoms with van der Waals surface area (Å²) >= 11 is 5.91. The average molecular weight is 363 g/mol. The van der Waals surface area contributed by atoms with E-state index in [1.54, 1.807) is 6.07 Å². The monoisotopic (exact) mass is 363 g/mol. The van der Waals surface area contributed by atoms with Crippen LogP contribution in [0.15, 0.2) is 38.4 Å². The van der Waals surface area contributed by atoms with Gasteiger partial charge in [0.25, 0.3) is 5.91 Å². The number of carboxylic acids is 1. The highest BCUT2D eigenvalue weighted by Crippen LogP contribution is 2.32. The topological polar surface area (TPSA) is 108 Å². The molecule has 0 aliphatic carbocycles. The quantitative estimate of drug-likeness (QED) is 0.483. The van der Waals surface area contributed by atoms with Crippen LogP contribution in [0.25, 0.3) is 17.0 Å². The molecule has 2 N–H and O–H groups in total. The minimum absolute atomic E-state index is 0.0343. The number of benzene rings is 1. The van der Waals surface area contributed by atoms with Crippen molar-refractivity contribution in [3.8, 4) is 5.75 Å². The number of fused-ring (bicyclic) bond motifs is 1. The lowest BCUT2D eigenvalue weighted by atomic mass is 10.1. The normalized spacial score (nSPS) is 16.3. The van der Waals surface area contributed by atoms with Gasteiger partial charge in [-0.1, -0.05) is 24.0 Å². The SMILES string of the molecule is O=C(O)CN1C(=O)/C(=C\c2cc3ccc(O)cc3oc2=O)SC1=S. The second-order valence-electron chi connectivity index (χ2n) is 4.87. The number of aromatic hydroxyl groups is 1. The standard InChI is InChI=1S/C15H9NO6S2/c17-9-2-1-7-3-8(14(21)22-10(7)5-9)4-11-13(20)16(6-12(18)19)15(23)24-11/h1-5,17H,6H2,(H,18,19)/b11-4+. The second kappa shape index (κ2) is 6.10. The van der Waals surface area contributed by atoms with E-state index in [-0.39, 0.29) is 26.1 Å². The molecule has 2 aromatic rings. The molecule has 1 aliphatic heterocycles. The van der Waals surface area contributed by atoms with Gasteiger partial charge in [0.15, 0.2) is 0 Å². The van der Waals surface area contributed by atoms with E-state index < -0.39 is 24.0 Å². The van der Waals surface area contributed by atoms with Gasteiger partial charge in [-0.2, -0.15) is 0 Å². The Kier molecular flexibility index (Phi) is 4.12. The summed E-state index contributed by atoms with van der Waals surface area (Å²) in [6, 6.07) is 5.84. The summed E-state index contributed by atoms with van der Waals surface area (Å²) in [7, 11) is 0. The average Bonchev–Trinajstić information content (AvgIpc) is 2.75. The van der Waals surface area contributed by atoms with Crippen molar-refractivity contribution in [1.29, 1.82) is 0 Å². The molecule has 1 fully saturated rings. The van der Waals surface area contributed by atoms with Crippen molar-refractivity contribution < 1.29 is 24.2 Å². The first-order valence-corrected chi connectivity index (χ1v) is 7.81. The largest absolute Gasteiger partial charge is 0.508 e.